The van der Waals surface area contributed by atoms with Crippen LogP contribution in [0, 0.1) is 11.3 Å². The van der Waals surface area contributed by atoms with E-state index in [1.807, 2.05) is 6.07 Å². The molecule has 4 nitrogen and oxygen atoms in total. The number of hydrogen-bond acceptors (Lipinski definition) is 4. The minimum absolute atomic E-state index is 0.0891. The highest BCUT2D eigenvalue weighted by atomic mass is 32.2. The summed E-state index contributed by atoms with van der Waals surface area (Å²) in [5.74, 6) is -0.0891. The van der Waals surface area contributed by atoms with Crippen molar-refractivity contribution < 1.29 is 13.2 Å². The second-order valence-corrected chi connectivity index (χ2v) is 7.20. The Morgan fingerprint density at radius 1 is 1.05 bits per heavy atom. The SMILES string of the molecule is CC(=O)c1ccc2c(c1)CCc1ccc(C#N)cc1S2(=O)=O. The Morgan fingerprint density at radius 3 is 2.45 bits per heavy atom. The molecule has 1 heterocycles. The topological polar surface area (TPSA) is 75.0 Å². The van der Waals surface area contributed by atoms with E-state index >= 15 is 0 Å². The van der Waals surface area contributed by atoms with Crippen LogP contribution in [-0.4, -0.2) is 14.2 Å². The zero-order chi connectivity index (χ0) is 15.9. The molecule has 0 bridgehead atoms. The minimum Gasteiger partial charge on any atom is -0.295 e. The molecule has 0 N–H and O–H groups in total. The van der Waals surface area contributed by atoms with Gasteiger partial charge in [0.2, 0.25) is 9.84 Å². The number of nitrogens with zero attached hydrogens (tertiary/aromatic N) is 1. The monoisotopic (exact) mass is 311 g/mol. The quantitative estimate of drug-likeness (QED) is 0.759. The van der Waals surface area contributed by atoms with Crippen LogP contribution in [0.3, 0.4) is 0 Å². The summed E-state index contributed by atoms with van der Waals surface area (Å²) in [7, 11) is -3.68. The summed E-state index contributed by atoms with van der Waals surface area (Å²) in [6, 6.07) is 11.4. The maximum absolute atomic E-state index is 12.9. The number of rotatable bonds is 1. The van der Waals surface area contributed by atoms with E-state index in [1.165, 1.54) is 25.1 Å². The average Bonchev–Trinajstić information content (AvgIpc) is 2.62. The molecule has 1 aliphatic heterocycles. The number of nitriles is 1. The lowest BCUT2D eigenvalue weighted by atomic mass is 10.0. The lowest BCUT2D eigenvalue weighted by Crippen LogP contribution is -2.06. The van der Waals surface area contributed by atoms with Gasteiger partial charge in [-0.2, -0.15) is 5.26 Å². The minimum atomic E-state index is -3.68. The number of aryl methyl sites for hydroxylation is 2. The molecule has 0 saturated carbocycles. The standard InChI is InChI=1S/C17H13NO3S/c1-11(19)14-6-7-16-15(9-14)5-4-13-3-2-12(10-18)8-17(13)22(16,20)21/h2-3,6-9H,4-5H2,1H3. The highest BCUT2D eigenvalue weighted by Crippen LogP contribution is 2.33. The fourth-order valence-electron chi connectivity index (χ4n) is 2.72. The molecule has 0 saturated heterocycles. The smallest absolute Gasteiger partial charge is 0.207 e. The Kier molecular flexibility index (Phi) is 3.34. The van der Waals surface area contributed by atoms with Crippen LogP contribution in [-0.2, 0) is 22.7 Å². The largest absolute Gasteiger partial charge is 0.295 e. The zero-order valence-electron chi connectivity index (χ0n) is 12.0. The molecule has 0 amide bonds. The van der Waals surface area contributed by atoms with Gasteiger partial charge in [-0.3, -0.25) is 4.79 Å². The van der Waals surface area contributed by atoms with Crippen LogP contribution >= 0.6 is 0 Å². The van der Waals surface area contributed by atoms with Crippen molar-refractivity contribution in [3.8, 4) is 6.07 Å². The molecule has 1 aliphatic rings. The third-order valence-corrected chi connectivity index (χ3v) is 5.84. The third-order valence-electron chi connectivity index (χ3n) is 3.91. The Morgan fingerprint density at radius 2 is 1.77 bits per heavy atom. The van der Waals surface area contributed by atoms with Crippen molar-refractivity contribution in [2.24, 2.45) is 0 Å². The Labute approximate surface area is 128 Å². The summed E-state index contributed by atoms with van der Waals surface area (Å²) in [5, 5.41) is 8.99. The molecule has 0 aromatic heterocycles. The van der Waals surface area contributed by atoms with Gasteiger partial charge < -0.3 is 0 Å². The van der Waals surface area contributed by atoms with E-state index in [-0.39, 0.29) is 15.6 Å². The first-order valence-corrected chi connectivity index (χ1v) is 8.34. The van der Waals surface area contributed by atoms with E-state index in [2.05, 4.69) is 0 Å². The molecule has 0 spiro atoms. The fraction of sp³-hybridized carbons (Fsp3) is 0.176. The molecular formula is C17H13NO3S. The van der Waals surface area contributed by atoms with Gasteiger partial charge in [-0.1, -0.05) is 12.1 Å². The number of benzene rings is 2. The van der Waals surface area contributed by atoms with E-state index < -0.39 is 9.84 Å². The number of fused-ring (bicyclic) bond motifs is 2. The maximum atomic E-state index is 12.9. The Balaban J connectivity index is 2.26. The number of hydrogen-bond donors (Lipinski definition) is 0. The number of carbonyl (C=O) groups is 1. The van der Waals surface area contributed by atoms with Crippen LogP contribution < -0.4 is 0 Å². The molecule has 2 aromatic rings. The van der Waals surface area contributed by atoms with Crippen molar-refractivity contribution in [1.29, 1.82) is 5.26 Å². The molecule has 0 unspecified atom stereocenters. The molecule has 0 atom stereocenters. The number of Topliss-reactive ketones (excluding diaryl/α,β-unsaturated/α-hetero) is 1. The summed E-state index contributed by atoms with van der Waals surface area (Å²) in [4.78, 5) is 11.9. The van der Waals surface area contributed by atoms with E-state index in [1.54, 1.807) is 18.2 Å². The Bertz CT molecular complexity index is 937. The van der Waals surface area contributed by atoms with Crippen LogP contribution in [0.25, 0.3) is 0 Å². The van der Waals surface area contributed by atoms with E-state index in [9.17, 15) is 13.2 Å². The van der Waals surface area contributed by atoms with Crippen molar-refractivity contribution in [2.75, 3.05) is 0 Å². The van der Waals surface area contributed by atoms with Gasteiger partial charge in [0.1, 0.15) is 0 Å². The summed E-state index contributed by atoms with van der Waals surface area (Å²) < 4.78 is 25.7. The van der Waals surface area contributed by atoms with Crippen LogP contribution in [0.5, 0.6) is 0 Å². The molecule has 0 fully saturated rings. The molecule has 0 aliphatic carbocycles. The second-order valence-electron chi connectivity index (χ2n) is 5.32. The molecule has 5 heteroatoms. The molecule has 3 rings (SSSR count). The molecule has 22 heavy (non-hydrogen) atoms. The molecule has 2 aromatic carbocycles. The highest BCUT2D eigenvalue weighted by molar-refractivity contribution is 7.91. The van der Waals surface area contributed by atoms with Crippen LogP contribution in [0.15, 0.2) is 46.2 Å². The number of carbonyl (C=O) groups excluding carboxylic acids is 1. The number of sulfone groups is 1. The lowest BCUT2D eigenvalue weighted by Gasteiger charge is -2.09. The Hall–Kier alpha value is -2.45. The van der Waals surface area contributed by atoms with Crippen molar-refractivity contribution in [1.82, 2.24) is 0 Å². The van der Waals surface area contributed by atoms with Gasteiger partial charge in [0.25, 0.3) is 0 Å². The van der Waals surface area contributed by atoms with Gasteiger partial charge in [0, 0.05) is 5.56 Å². The average molecular weight is 311 g/mol. The van der Waals surface area contributed by atoms with Crippen molar-refractivity contribution >= 4 is 15.6 Å². The normalized spacial score (nSPS) is 15.1. The van der Waals surface area contributed by atoms with Gasteiger partial charge in [-0.15, -0.1) is 0 Å². The zero-order valence-corrected chi connectivity index (χ0v) is 12.8. The van der Waals surface area contributed by atoms with Gasteiger partial charge >= 0.3 is 0 Å². The van der Waals surface area contributed by atoms with Crippen LogP contribution in [0.4, 0.5) is 0 Å². The summed E-state index contributed by atoms with van der Waals surface area (Å²) >= 11 is 0. The van der Waals surface area contributed by atoms with E-state index in [0.29, 0.717) is 35.1 Å². The van der Waals surface area contributed by atoms with E-state index in [4.69, 9.17) is 5.26 Å². The lowest BCUT2D eigenvalue weighted by molar-refractivity contribution is 0.101. The first-order chi connectivity index (χ1) is 10.4. The number of ketones is 1. The predicted molar refractivity (Wildman–Crippen MR) is 80.5 cm³/mol. The van der Waals surface area contributed by atoms with Crippen molar-refractivity contribution in [3.05, 3.63) is 58.7 Å². The predicted octanol–water partition coefficient (Wildman–Crippen LogP) is 2.69. The second kappa shape index (κ2) is 5.08. The highest BCUT2D eigenvalue weighted by Gasteiger charge is 2.28. The summed E-state index contributed by atoms with van der Waals surface area (Å²) in [6.45, 7) is 1.46. The first-order valence-electron chi connectivity index (χ1n) is 6.85. The van der Waals surface area contributed by atoms with Gasteiger partial charge in [-0.05, 0) is 55.2 Å². The molecule has 110 valence electrons. The van der Waals surface area contributed by atoms with Crippen LogP contribution in [0.2, 0.25) is 0 Å². The summed E-state index contributed by atoms with van der Waals surface area (Å²) in [6.07, 6.45) is 1.11. The van der Waals surface area contributed by atoms with Crippen LogP contribution in [0.1, 0.15) is 34.0 Å². The van der Waals surface area contributed by atoms with Gasteiger partial charge in [-0.25, -0.2) is 8.42 Å². The first kappa shape index (κ1) is 14.5. The van der Waals surface area contributed by atoms with Gasteiger partial charge in [0.05, 0.1) is 21.4 Å². The third kappa shape index (κ3) is 2.22. The summed E-state index contributed by atoms with van der Waals surface area (Å²) in [5.41, 5.74) is 2.20. The molecule has 0 radical (unpaired) electrons. The van der Waals surface area contributed by atoms with Crippen molar-refractivity contribution in [2.45, 2.75) is 29.6 Å². The fourth-order valence-corrected chi connectivity index (χ4v) is 4.51. The van der Waals surface area contributed by atoms with Crippen molar-refractivity contribution in [3.63, 3.8) is 0 Å². The van der Waals surface area contributed by atoms with E-state index in [0.717, 1.165) is 0 Å². The molecular weight excluding hydrogens is 298 g/mol. The van der Waals surface area contributed by atoms with Gasteiger partial charge in [0.15, 0.2) is 5.78 Å². The maximum Gasteiger partial charge on any atom is 0.207 e.